The van der Waals surface area contributed by atoms with Gasteiger partial charge in [0.2, 0.25) is 5.91 Å². The molecule has 1 aliphatic rings. The summed E-state index contributed by atoms with van der Waals surface area (Å²) < 4.78 is 3.52. The van der Waals surface area contributed by atoms with Crippen molar-refractivity contribution in [2.24, 2.45) is 5.92 Å². The molecule has 1 aliphatic heterocycles. The van der Waals surface area contributed by atoms with Crippen molar-refractivity contribution < 1.29 is 9.59 Å². The van der Waals surface area contributed by atoms with Gasteiger partial charge in [-0.3, -0.25) is 14.3 Å². The van der Waals surface area contributed by atoms with Crippen LogP contribution in [0.3, 0.4) is 0 Å². The lowest BCUT2D eigenvalue weighted by Crippen LogP contribution is -2.30. The number of anilines is 1. The van der Waals surface area contributed by atoms with Crippen LogP contribution in [0, 0.1) is 26.7 Å². The van der Waals surface area contributed by atoms with Gasteiger partial charge >= 0.3 is 0 Å². The van der Waals surface area contributed by atoms with Crippen molar-refractivity contribution in [3.63, 3.8) is 0 Å². The summed E-state index contributed by atoms with van der Waals surface area (Å²) in [6.07, 6.45) is 3.37. The Morgan fingerprint density at radius 1 is 1.16 bits per heavy atom. The zero-order chi connectivity index (χ0) is 22.8. The summed E-state index contributed by atoms with van der Waals surface area (Å²) >= 11 is 0. The molecule has 32 heavy (non-hydrogen) atoms. The SMILES string of the molecule is Cc1ccc(-n2ncc(C(=O)C3CCN(C(=O)CCCn4nc(C)cc4C)C3)c2N)cc1. The number of rotatable bonds is 7. The van der Waals surface area contributed by atoms with Gasteiger partial charge in [0.05, 0.1) is 23.1 Å². The molecule has 0 radical (unpaired) electrons. The molecule has 4 rings (SSSR count). The monoisotopic (exact) mass is 434 g/mol. The summed E-state index contributed by atoms with van der Waals surface area (Å²) in [6.45, 7) is 7.75. The predicted molar refractivity (Wildman–Crippen MR) is 123 cm³/mol. The molecule has 2 aromatic heterocycles. The number of amides is 1. The lowest BCUT2D eigenvalue weighted by atomic mass is 9.98. The average Bonchev–Trinajstić information content (AvgIpc) is 3.47. The maximum Gasteiger partial charge on any atom is 0.222 e. The number of aryl methyl sites for hydroxylation is 4. The average molecular weight is 435 g/mol. The van der Waals surface area contributed by atoms with Crippen molar-refractivity contribution >= 4 is 17.5 Å². The fraction of sp³-hybridized carbons (Fsp3) is 0.417. The fourth-order valence-electron chi connectivity index (χ4n) is 4.30. The van der Waals surface area contributed by atoms with Crippen LogP contribution in [0.1, 0.15) is 46.6 Å². The summed E-state index contributed by atoms with van der Waals surface area (Å²) in [7, 11) is 0. The summed E-state index contributed by atoms with van der Waals surface area (Å²) in [5.41, 5.74) is 10.7. The molecule has 8 nitrogen and oxygen atoms in total. The highest BCUT2D eigenvalue weighted by Gasteiger charge is 2.33. The Morgan fingerprint density at radius 3 is 2.59 bits per heavy atom. The molecule has 2 N–H and O–H groups in total. The minimum absolute atomic E-state index is 0.0428. The number of benzene rings is 1. The Hall–Kier alpha value is -3.42. The number of nitrogens with zero attached hydrogens (tertiary/aromatic N) is 5. The third kappa shape index (κ3) is 4.44. The number of aromatic nitrogens is 4. The molecule has 0 saturated carbocycles. The van der Waals surface area contributed by atoms with Gasteiger partial charge in [-0.15, -0.1) is 0 Å². The zero-order valence-corrected chi connectivity index (χ0v) is 18.9. The number of Topliss-reactive ketones (excluding diaryl/α,β-unsaturated/α-hetero) is 1. The van der Waals surface area contributed by atoms with Gasteiger partial charge in [-0.1, -0.05) is 17.7 Å². The highest BCUT2D eigenvalue weighted by Crippen LogP contribution is 2.26. The second-order valence-corrected chi connectivity index (χ2v) is 8.63. The van der Waals surface area contributed by atoms with Gasteiger partial charge in [0, 0.05) is 37.7 Å². The Bertz CT molecular complexity index is 1130. The van der Waals surface area contributed by atoms with Gasteiger partial charge in [-0.05, 0) is 51.8 Å². The molecule has 168 valence electrons. The van der Waals surface area contributed by atoms with E-state index in [0.29, 0.717) is 37.3 Å². The molecular formula is C24H30N6O2. The maximum atomic E-state index is 13.1. The lowest BCUT2D eigenvalue weighted by Gasteiger charge is -2.16. The van der Waals surface area contributed by atoms with Crippen molar-refractivity contribution in [1.82, 2.24) is 24.5 Å². The first kappa shape index (κ1) is 21.8. The number of ketones is 1. The molecule has 1 aromatic carbocycles. The summed E-state index contributed by atoms with van der Waals surface area (Å²) in [5, 5.41) is 8.76. The zero-order valence-electron chi connectivity index (χ0n) is 18.9. The third-order valence-electron chi connectivity index (χ3n) is 6.13. The van der Waals surface area contributed by atoms with Crippen LogP contribution in [0.2, 0.25) is 0 Å². The number of carbonyl (C=O) groups excluding carboxylic acids is 2. The van der Waals surface area contributed by atoms with Gasteiger partial charge < -0.3 is 10.6 Å². The van der Waals surface area contributed by atoms with Crippen molar-refractivity contribution in [2.75, 3.05) is 18.8 Å². The van der Waals surface area contributed by atoms with E-state index in [1.807, 2.05) is 55.8 Å². The summed E-state index contributed by atoms with van der Waals surface area (Å²) in [5.74, 6) is 0.144. The van der Waals surface area contributed by atoms with Crippen LogP contribution < -0.4 is 5.73 Å². The molecular weight excluding hydrogens is 404 g/mol. The van der Waals surface area contributed by atoms with Gasteiger partial charge in [0.25, 0.3) is 0 Å². The minimum atomic E-state index is -0.243. The number of nitrogens with two attached hydrogens (primary N) is 1. The van der Waals surface area contributed by atoms with Crippen LogP contribution in [0.15, 0.2) is 36.5 Å². The van der Waals surface area contributed by atoms with Crippen LogP contribution in [-0.4, -0.2) is 49.2 Å². The van der Waals surface area contributed by atoms with Crippen molar-refractivity contribution in [3.8, 4) is 5.69 Å². The maximum absolute atomic E-state index is 13.1. The standard InChI is InChI=1S/C24H30N6O2/c1-16-6-8-20(9-7-16)30-24(25)21(14-26-30)23(32)19-10-12-28(15-19)22(31)5-4-11-29-18(3)13-17(2)27-29/h6-9,13-14,19H,4-5,10-12,15,25H2,1-3H3. The predicted octanol–water partition coefficient (Wildman–Crippen LogP) is 3.09. The van der Waals surface area contributed by atoms with Crippen LogP contribution in [-0.2, 0) is 11.3 Å². The highest BCUT2D eigenvalue weighted by atomic mass is 16.2. The van der Waals surface area contributed by atoms with E-state index in [9.17, 15) is 9.59 Å². The first-order chi connectivity index (χ1) is 15.3. The van der Waals surface area contributed by atoms with E-state index in [2.05, 4.69) is 10.2 Å². The normalized spacial score (nSPS) is 16.0. The number of nitrogen functional groups attached to an aromatic ring is 1. The van der Waals surface area contributed by atoms with Crippen molar-refractivity contribution in [1.29, 1.82) is 0 Å². The quantitative estimate of drug-likeness (QED) is 0.576. The summed E-state index contributed by atoms with van der Waals surface area (Å²) in [6, 6.07) is 9.84. The molecule has 1 atom stereocenters. The number of hydrogen-bond donors (Lipinski definition) is 1. The molecule has 3 aromatic rings. The van der Waals surface area contributed by atoms with Crippen LogP contribution in [0.5, 0.6) is 0 Å². The van der Waals surface area contributed by atoms with Gasteiger partial charge in [-0.2, -0.15) is 10.2 Å². The molecule has 1 fully saturated rings. The van der Waals surface area contributed by atoms with E-state index in [1.165, 1.54) is 6.20 Å². The minimum Gasteiger partial charge on any atom is -0.383 e. The lowest BCUT2D eigenvalue weighted by molar-refractivity contribution is -0.130. The molecule has 0 spiro atoms. The Morgan fingerprint density at radius 2 is 1.91 bits per heavy atom. The second-order valence-electron chi connectivity index (χ2n) is 8.63. The first-order valence-corrected chi connectivity index (χ1v) is 11.1. The number of likely N-dealkylation sites (tertiary alicyclic amines) is 1. The molecule has 1 saturated heterocycles. The number of carbonyl (C=O) groups is 2. The Labute approximate surface area is 188 Å². The smallest absolute Gasteiger partial charge is 0.222 e. The fourth-order valence-corrected chi connectivity index (χ4v) is 4.30. The second kappa shape index (κ2) is 8.98. The molecule has 8 heteroatoms. The van der Waals surface area contributed by atoms with E-state index in [-0.39, 0.29) is 17.6 Å². The van der Waals surface area contributed by atoms with E-state index in [0.717, 1.165) is 35.6 Å². The molecule has 1 unspecified atom stereocenters. The van der Waals surface area contributed by atoms with Gasteiger partial charge in [0.15, 0.2) is 5.78 Å². The molecule has 1 amide bonds. The van der Waals surface area contributed by atoms with Crippen LogP contribution >= 0.6 is 0 Å². The molecule has 0 aliphatic carbocycles. The van der Waals surface area contributed by atoms with Gasteiger partial charge in [-0.25, -0.2) is 4.68 Å². The topological polar surface area (TPSA) is 99.0 Å². The van der Waals surface area contributed by atoms with Crippen LogP contribution in [0.4, 0.5) is 5.82 Å². The third-order valence-corrected chi connectivity index (χ3v) is 6.13. The van der Waals surface area contributed by atoms with Crippen molar-refractivity contribution in [3.05, 3.63) is 59.0 Å². The largest absolute Gasteiger partial charge is 0.383 e. The van der Waals surface area contributed by atoms with Gasteiger partial charge in [0.1, 0.15) is 5.82 Å². The van der Waals surface area contributed by atoms with E-state index in [4.69, 9.17) is 5.73 Å². The van der Waals surface area contributed by atoms with E-state index >= 15 is 0 Å². The van der Waals surface area contributed by atoms with Crippen molar-refractivity contribution in [2.45, 2.75) is 46.6 Å². The Kier molecular flexibility index (Phi) is 6.12. The Balaban J connectivity index is 1.34. The van der Waals surface area contributed by atoms with E-state index < -0.39 is 0 Å². The number of hydrogen-bond acceptors (Lipinski definition) is 5. The molecule has 0 bridgehead atoms. The molecule has 3 heterocycles. The van der Waals surface area contributed by atoms with Crippen LogP contribution in [0.25, 0.3) is 5.69 Å². The van der Waals surface area contributed by atoms with E-state index in [1.54, 1.807) is 9.58 Å². The highest BCUT2D eigenvalue weighted by molar-refractivity contribution is 6.02. The first-order valence-electron chi connectivity index (χ1n) is 11.1. The summed E-state index contributed by atoms with van der Waals surface area (Å²) in [4.78, 5) is 27.5.